The maximum atomic E-state index is 14.2. The Morgan fingerprint density at radius 1 is 1.02 bits per heavy atom. The monoisotopic (exact) mass is 564 g/mol. The SMILES string of the molecule is COc1ccc(NC(=O)[C@@H]2[C@@H]3C=C[C@]4(O3)[C@@H]2C(=O)N(CCN2CCCCC2)[C@H]4C(=O)N[C@@H]2CCC[C@@H](C)[C@H]2C)cc1. The highest BCUT2D eigenvalue weighted by molar-refractivity contribution is 6.02. The van der Waals surface area contributed by atoms with Gasteiger partial charge in [0.2, 0.25) is 17.7 Å². The highest BCUT2D eigenvalue weighted by atomic mass is 16.5. The van der Waals surface area contributed by atoms with Gasteiger partial charge in [-0.2, -0.15) is 0 Å². The number of carbonyl (C=O) groups excluding carboxylic acids is 3. The molecule has 4 fully saturated rings. The number of fused-ring (bicyclic) bond motifs is 1. The van der Waals surface area contributed by atoms with Crippen molar-refractivity contribution in [1.29, 1.82) is 0 Å². The number of anilines is 1. The van der Waals surface area contributed by atoms with Gasteiger partial charge >= 0.3 is 0 Å². The van der Waals surface area contributed by atoms with Crippen LogP contribution in [0.1, 0.15) is 52.4 Å². The summed E-state index contributed by atoms with van der Waals surface area (Å²) in [6.45, 7) is 7.64. The molecule has 6 rings (SSSR count). The number of likely N-dealkylation sites (tertiary alicyclic amines) is 2. The number of nitrogens with one attached hydrogen (secondary N) is 2. The predicted molar refractivity (Wildman–Crippen MR) is 155 cm³/mol. The lowest BCUT2D eigenvalue weighted by atomic mass is 9.73. The third-order valence-corrected chi connectivity index (χ3v) is 10.4. The number of ether oxygens (including phenoxy) is 2. The summed E-state index contributed by atoms with van der Waals surface area (Å²) in [4.78, 5) is 46.2. The number of rotatable bonds is 8. The second-order valence-corrected chi connectivity index (χ2v) is 12.7. The van der Waals surface area contributed by atoms with Crippen LogP contribution in [-0.2, 0) is 19.1 Å². The number of hydrogen-bond acceptors (Lipinski definition) is 6. The molecule has 0 aromatic heterocycles. The summed E-state index contributed by atoms with van der Waals surface area (Å²) in [6.07, 6.45) is 9.97. The first-order valence-electron chi connectivity index (χ1n) is 15.5. The van der Waals surface area contributed by atoms with Crippen LogP contribution in [0.4, 0.5) is 5.69 Å². The minimum absolute atomic E-state index is 0.0671. The zero-order valence-corrected chi connectivity index (χ0v) is 24.5. The predicted octanol–water partition coefficient (Wildman–Crippen LogP) is 3.21. The molecule has 9 heteroatoms. The molecule has 1 aromatic rings. The molecule has 1 aromatic carbocycles. The van der Waals surface area contributed by atoms with E-state index in [0.29, 0.717) is 36.4 Å². The van der Waals surface area contributed by atoms with E-state index in [4.69, 9.17) is 9.47 Å². The standard InChI is InChI=1S/C32H44N4O5/c1-20-8-7-9-24(21(20)2)34-30(38)28-32-15-14-25(41-32)26(29(37)33-22-10-12-23(40-3)13-11-22)27(32)31(39)36(28)19-18-35-16-5-4-6-17-35/h10-15,20-21,24-28H,4-9,16-19H2,1-3H3,(H,33,37)(H,34,38)/t20-,21-,24-,25+,26-,27+,28+,32+/m1/s1. The molecule has 1 spiro atoms. The zero-order valence-electron chi connectivity index (χ0n) is 24.5. The van der Waals surface area contributed by atoms with E-state index < -0.39 is 29.6 Å². The minimum Gasteiger partial charge on any atom is -0.497 e. The second-order valence-electron chi connectivity index (χ2n) is 12.7. The Balaban J connectivity index is 1.26. The fraction of sp³-hybridized carbons (Fsp3) is 0.656. The van der Waals surface area contributed by atoms with Crippen molar-refractivity contribution in [3.63, 3.8) is 0 Å². The fourth-order valence-electron chi connectivity index (χ4n) is 7.89. The molecule has 9 nitrogen and oxygen atoms in total. The Bertz CT molecular complexity index is 1180. The molecule has 2 bridgehead atoms. The lowest BCUT2D eigenvalue weighted by molar-refractivity contribution is -0.142. The molecule has 3 saturated heterocycles. The summed E-state index contributed by atoms with van der Waals surface area (Å²) in [7, 11) is 1.59. The first-order chi connectivity index (χ1) is 19.8. The van der Waals surface area contributed by atoms with Crippen LogP contribution in [0.3, 0.4) is 0 Å². The van der Waals surface area contributed by atoms with Gasteiger partial charge in [0.1, 0.15) is 17.4 Å². The van der Waals surface area contributed by atoms with Gasteiger partial charge in [-0.15, -0.1) is 0 Å². The van der Waals surface area contributed by atoms with Crippen molar-refractivity contribution in [2.24, 2.45) is 23.7 Å². The van der Waals surface area contributed by atoms with Crippen molar-refractivity contribution in [3.8, 4) is 5.75 Å². The third-order valence-electron chi connectivity index (χ3n) is 10.4. The number of methoxy groups -OCH3 is 1. The molecule has 2 N–H and O–H groups in total. The summed E-state index contributed by atoms with van der Waals surface area (Å²) in [6, 6.07) is 6.39. The van der Waals surface area contributed by atoms with Gasteiger partial charge in [0.05, 0.1) is 25.0 Å². The van der Waals surface area contributed by atoms with Crippen molar-refractivity contribution >= 4 is 23.4 Å². The summed E-state index contributed by atoms with van der Waals surface area (Å²) < 4.78 is 11.8. The number of piperidine rings is 1. The van der Waals surface area contributed by atoms with Crippen LogP contribution in [0.15, 0.2) is 36.4 Å². The molecule has 1 saturated carbocycles. The topological polar surface area (TPSA) is 100 Å². The fourth-order valence-corrected chi connectivity index (χ4v) is 7.89. The molecule has 4 heterocycles. The average Bonchev–Trinajstić information content (AvgIpc) is 3.62. The lowest BCUT2D eigenvalue weighted by Crippen LogP contribution is -2.58. The molecule has 3 amide bonds. The van der Waals surface area contributed by atoms with E-state index >= 15 is 0 Å². The Hall–Kier alpha value is -2.91. The molecular weight excluding hydrogens is 520 g/mol. The van der Waals surface area contributed by atoms with Crippen LogP contribution in [0.2, 0.25) is 0 Å². The van der Waals surface area contributed by atoms with E-state index in [1.54, 1.807) is 36.3 Å². The van der Waals surface area contributed by atoms with Gasteiger partial charge < -0.3 is 29.9 Å². The van der Waals surface area contributed by atoms with Gasteiger partial charge in [0.15, 0.2) is 0 Å². The number of nitrogens with zero attached hydrogens (tertiary/aromatic N) is 2. The zero-order chi connectivity index (χ0) is 28.7. The van der Waals surface area contributed by atoms with Crippen molar-refractivity contribution in [2.75, 3.05) is 38.6 Å². The summed E-state index contributed by atoms with van der Waals surface area (Å²) in [5, 5.41) is 6.32. The molecule has 4 aliphatic heterocycles. The Morgan fingerprint density at radius 2 is 1.78 bits per heavy atom. The van der Waals surface area contributed by atoms with Crippen LogP contribution in [0, 0.1) is 23.7 Å². The summed E-state index contributed by atoms with van der Waals surface area (Å²) >= 11 is 0. The van der Waals surface area contributed by atoms with E-state index in [2.05, 4.69) is 29.4 Å². The van der Waals surface area contributed by atoms with Gasteiger partial charge in [-0.1, -0.05) is 45.3 Å². The van der Waals surface area contributed by atoms with Gasteiger partial charge in [0, 0.05) is 24.8 Å². The molecule has 8 atom stereocenters. The van der Waals surface area contributed by atoms with Gasteiger partial charge in [0.25, 0.3) is 0 Å². The first kappa shape index (κ1) is 28.2. The maximum Gasteiger partial charge on any atom is 0.246 e. The van der Waals surface area contributed by atoms with Gasteiger partial charge in [-0.3, -0.25) is 14.4 Å². The smallest absolute Gasteiger partial charge is 0.246 e. The molecule has 41 heavy (non-hydrogen) atoms. The Morgan fingerprint density at radius 3 is 2.51 bits per heavy atom. The molecule has 0 unspecified atom stereocenters. The van der Waals surface area contributed by atoms with Gasteiger partial charge in [-0.05, 0) is 68.5 Å². The molecule has 0 radical (unpaired) electrons. The molecular formula is C32H44N4O5. The average molecular weight is 565 g/mol. The van der Waals surface area contributed by atoms with Crippen molar-refractivity contribution in [2.45, 2.75) is 76.2 Å². The van der Waals surface area contributed by atoms with Crippen LogP contribution in [0.25, 0.3) is 0 Å². The third kappa shape index (κ3) is 5.05. The van der Waals surface area contributed by atoms with Crippen LogP contribution >= 0.6 is 0 Å². The van der Waals surface area contributed by atoms with Crippen molar-refractivity contribution in [3.05, 3.63) is 36.4 Å². The van der Waals surface area contributed by atoms with Crippen LogP contribution in [-0.4, -0.2) is 84.6 Å². The minimum atomic E-state index is -1.14. The number of benzene rings is 1. The highest BCUT2D eigenvalue weighted by Gasteiger charge is 2.72. The first-order valence-corrected chi connectivity index (χ1v) is 15.5. The van der Waals surface area contributed by atoms with Crippen LogP contribution in [0.5, 0.6) is 5.75 Å². The number of carbonyl (C=O) groups is 3. The van der Waals surface area contributed by atoms with Gasteiger partial charge in [-0.25, -0.2) is 0 Å². The van der Waals surface area contributed by atoms with Crippen LogP contribution < -0.4 is 15.4 Å². The summed E-state index contributed by atoms with van der Waals surface area (Å²) in [5.74, 6) is -0.449. The van der Waals surface area contributed by atoms with Crippen molar-refractivity contribution in [1.82, 2.24) is 15.1 Å². The second kappa shape index (κ2) is 11.4. The molecule has 1 aliphatic carbocycles. The quantitative estimate of drug-likeness (QED) is 0.471. The van der Waals surface area contributed by atoms with E-state index in [0.717, 1.165) is 38.8 Å². The van der Waals surface area contributed by atoms with E-state index in [1.165, 1.54) is 12.8 Å². The maximum absolute atomic E-state index is 14.2. The van der Waals surface area contributed by atoms with E-state index in [-0.39, 0.29) is 23.8 Å². The van der Waals surface area contributed by atoms with E-state index in [9.17, 15) is 14.4 Å². The normalized spacial score (nSPS) is 36.3. The number of amides is 3. The molecule has 5 aliphatic rings. The highest BCUT2D eigenvalue weighted by Crippen LogP contribution is 2.55. The lowest BCUT2D eigenvalue weighted by Gasteiger charge is -2.38. The number of hydrogen-bond donors (Lipinski definition) is 2. The summed E-state index contributed by atoms with van der Waals surface area (Å²) in [5.41, 5.74) is -0.516. The Labute approximate surface area is 243 Å². The largest absolute Gasteiger partial charge is 0.497 e. The Kier molecular flexibility index (Phi) is 7.85. The van der Waals surface area contributed by atoms with E-state index in [1.807, 2.05) is 12.2 Å². The van der Waals surface area contributed by atoms with Crippen molar-refractivity contribution < 1.29 is 23.9 Å². The molecule has 222 valence electrons.